The predicted octanol–water partition coefficient (Wildman–Crippen LogP) is 1.81. The smallest absolute Gasteiger partial charge is 0.227 e. The molecule has 17 heavy (non-hydrogen) atoms. The number of ketones is 1. The Hall–Kier alpha value is -1.64. The second-order valence-corrected chi connectivity index (χ2v) is 5.17. The normalized spacial score (nSPS) is 18.5. The Labute approximate surface area is 101 Å². The summed E-state index contributed by atoms with van der Waals surface area (Å²) in [6.45, 7) is 4.15. The van der Waals surface area contributed by atoms with Crippen LogP contribution in [0, 0.1) is 0 Å². The maximum absolute atomic E-state index is 12.1. The van der Waals surface area contributed by atoms with Gasteiger partial charge in [0.15, 0.2) is 5.78 Å². The molecule has 0 aliphatic carbocycles. The summed E-state index contributed by atoms with van der Waals surface area (Å²) in [5.41, 5.74) is 0.663. The minimum atomic E-state index is -0.330. The average molecular weight is 231 g/mol. The number of Topliss-reactive ketones (excluding diaryl/α,β-unsaturated/α-hetero) is 1. The number of carbonyl (C=O) groups is 2. The molecule has 1 aliphatic heterocycles. The largest absolute Gasteiger partial charge is 0.330 e. The summed E-state index contributed by atoms with van der Waals surface area (Å²) in [5.74, 6) is 0.184. The van der Waals surface area contributed by atoms with Gasteiger partial charge in [0.1, 0.15) is 0 Å². The van der Waals surface area contributed by atoms with Crippen LogP contribution in [0.3, 0.4) is 0 Å². The molecule has 0 spiro atoms. The van der Waals surface area contributed by atoms with E-state index >= 15 is 0 Å². The van der Waals surface area contributed by atoms with Crippen molar-refractivity contribution in [2.45, 2.75) is 32.2 Å². The fourth-order valence-corrected chi connectivity index (χ4v) is 2.32. The number of nitrogens with zero attached hydrogens (tertiary/aromatic N) is 1. The van der Waals surface area contributed by atoms with E-state index in [4.69, 9.17) is 0 Å². The first-order valence-electron chi connectivity index (χ1n) is 5.85. The molecule has 0 bridgehead atoms. The Kier molecular flexibility index (Phi) is 3.01. The zero-order valence-electron chi connectivity index (χ0n) is 10.3. The van der Waals surface area contributed by atoms with Crippen LogP contribution >= 0.6 is 0 Å². The Morgan fingerprint density at radius 2 is 1.94 bits per heavy atom. The monoisotopic (exact) mass is 231 g/mol. The highest BCUT2D eigenvalue weighted by Crippen LogP contribution is 2.26. The van der Waals surface area contributed by atoms with E-state index in [-0.39, 0.29) is 23.8 Å². The molecule has 0 atom stereocenters. The van der Waals surface area contributed by atoms with Crippen LogP contribution in [0.1, 0.15) is 25.8 Å². The van der Waals surface area contributed by atoms with Gasteiger partial charge < -0.3 is 4.90 Å². The summed E-state index contributed by atoms with van der Waals surface area (Å²) in [7, 11) is 0. The Morgan fingerprint density at radius 1 is 1.29 bits per heavy atom. The zero-order chi connectivity index (χ0) is 12.5. The molecule has 1 aromatic carbocycles. The SMILES string of the molecule is CC1(C)CC(=O)CN1C(=O)Cc1ccccc1. The summed E-state index contributed by atoms with van der Waals surface area (Å²) in [5, 5.41) is 0. The molecule has 2 rings (SSSR count). The number of hydrogen-bond acceptors (Lipinski definition) is 2. The molecule has 1 amide bonds. The highest BCUT2D eigenvalue weighted by Gasteiger charge is 2.39. The third-order valence-corrected chi connectivity index (χ3v) is 3.19. The molecule has 1 fully saturated rings. The third-order valence-electron chi connectivity index (χ3n) is 3.19. The second kappa shape index (κ2) is 4.32. The Morgan fingerprint density at radius 3 is 2.47 bits per heavy atom. The van der Waals surface area contributed by atoms with E-state index in [2.05, 4.69) is 0 Å². The van der Waals surface area contributed by atoms with Crippen LogP contribution in [0.5, 0.6) is 0 Å². The molecule has 1 aliphatic rings. The van der Waals surface area contributed by atoms with Gasteiger partial charge in [0, 0.05) is 12.0 Å². The number of hydrogen-bond donors (Lipinski definition) is 0. The molecule has 0 aromatic heterocycles. The lowest BCUT2D eigenvalue weighted by molar-refractivity contribution is -0.134. The van der Waals surface area contributed by atoms with Gasteiger partial charge >= 0.3 is 0 Å². The number of amides is 1. The number of benzene rings is 1. The second-order valence-electron chi connectivity index (χ2n) is 5.17. The highest BCUT2D eigenvalue weighted by molar-refractivity contribution is 5.91. The van der Waals surface area contributed by atoms with Crippen LogP contribution in [-0.2, 0) is 16.0 Å². The van der Waals surface area contributed by atoms with Gasteiger partial charge in [0.2, 0.25) is 5.91 Å². The standard InChI is InChI=1S/C14H17NO2/c1-14(2)9-12(16)10-15(14)13(17)8-11-6-4-3-5-7-11/h3-7H,8-10H2,1-2H3. The van der Waals surface area contributed by atoms with E-state index in [0.29, 0.717) is 12.8 Å². The lowest BCUT2D eigenvalue weighted by Gasteiger charge is -2.30. The van der Waals surface area contributed by atoms with Crippen LogP contribution in [0.2, 0.25) is 0 Å². The van der Waals surface area contributed by atoms with Crippen molar-refractivity contribution in [3.8, 4) is 0 Å². The highest BCUT2D eigenvalue weighted by atomic mass is 16.2. The summed E-state index contributed by atoms with van der Waals surface area (Å²) < 4.78 is 0. The Balaban J connectivity index is 2.09. The maximum Gasteiger partial charge on any atom is 0.227 e. The first kappa shape index (κ1) is 11.8. The quantitative estimate of drug-likeness (QED) is 0.778. The molecule has 1 heterocycles. The van der Waals surface area contributed by atoms with Gasteiger partial charge in [0.25, 0.3) is 0 Å². The molecule has 0 radical (unpaired) electrons. The van der Waals surface area contributed by atoms with Crippen LogP contribution in [0.15, 0.2) is 30.3 Å². The van der Waals surface area contributed by atoms with Gasteiger partial charge in [-0.15, -0.1) is 0 Å². The summed E-state index contributed by atoms with van der Waals surface area (Å²) in [4.78, 5) is 25.3. The molecule has 1 aromatic rings. The third kappa shape index (κ3) is 2.54. The van der Waals surface area contributed by atoms with Crippen LogP contribution < -0.4 is 0 Å². The van der Waals surface area contributed by atoms with E-state index in [1.165, 1.54) is 0 Å². The molecule has 0 N–H and O–H groups in total. The fourth-order valence-electron chi connectivity index (χ4n) is 2.32. The van der Waals surface area contributed by atoms with Crippen molar-refractivity contribution in [1.82, 2.24) is 4.90 Å². The summed E-state index contributed by atoms with van der Waals surface area (Å²) >= 11 is 0. The van der Waals surface area contributed by atoms with Gasteiger partial charge in [-0.3, -0.25) is 9.59 Å². The maximum atomic E-state index is 12.1. The molecule has 0 saturated carbocycles. The van der Waals surface area contributed by atoms with Crippen LogP contribution in [0.25, 0.3) is 0 Å². The number of rotatable bonds is 2. The van der Waals surface area contributed by atoms with Crippen LogP contribution in [0.4, 0.5) is 0 Å². The molecule has 3 heteroatoms. The lowest BCUT2D eigenvalue weighted by Crippen LogP contribution is -2.43. The van der Waals surface area contributed by atoms with Gasteiger partial charge in [0.05, 0.1) is 13.0 Å². The first-order valence-corrected chi connectivity index (χ1v) is 5.85. The van der Waals surface area contributed by atoms with Crippen molar-refractivity contribution in [2.24, 2.45) is 0 Å². The molecular weight excluding hydrogens is 214 g/mol. The van der Waals surface area contributed by atoms with Crippen molar-refractivity contribution >= 4 is 11.7 Å². The topological polar surface area (TPSA) is 37.4 Å². The predicted molar refractivity (Wildman–Crippen MR) is 65.6 cm³/mol. The van der Waals surface area contributed by atoms with Gasteiger partial charge in [-0.05, 0) is 19.4 Å². The zero-order valence-corrected chi connectivity index (χ0v) is 10.3. The van der Waals surface area contributed by atoms with E-state index in [9.17, 15) is 9.59 Å². The van der Waals surface area contributed by atoms with E-state index in [1.54, 1.807) is 4.90 Å². The molecule has 1 saturated heterocycles. The average Bonchev–Trinajstić information content (AvgIpc) is 2.53. The fraction of sp³-hybridized carbons (Fsp3) is 0.429. The first-order chi connectivity index (χ1) is 7.99. The van der Waals surface area contributed by atoms with Gasteiger partial charge in [-0.25, -0.2) is 0 Å². The summed E-state index contributed by atoms with van der Waals surface area (Å²) in [6, 6.07) is 9.63. The number of carbonyl (C=O) groups excluding carboxylic acids is 2. The van der Waals surface area contributed by atoms with Crippen molar-refractivity contribution in [3.05, 3.63) is 35.9 Å². The van der Waals surface area contributed by atoms with Crippen molar-refractivity contribution in [3.63, 3.8) is 0 Å². The lowest BCUT2D eigenvalue weighted by atomic mass is 10.0. The molecule has 3 nitrogen and oxygen atoms in total. The van der Waals surface area contributed by atoms with E-state index in [1.807, 2.05) is 44.2 Å². The molecular formula is C14H17NO2. The minimum absolute atomic E-state index is 0.0343. The van der Waals surface area contributed by atoms with Crippen molar-refractivity contribution in [2.75, 3.05) is 6.54 Å². The van der Waals surface area contributed by atoms with Gasteiger partial charge in [-0.1, -0.05) is 30.3 Å². The van der Waals surface area contributed by atoms with Crippen molar-refractivity contribution in [1.29, 1.82) is 0 Å². The molecule has 90 valence electrons. The Bertz CT molecular complexity index is 437. The number of likely N-dealkylation sites (tertiary alicyclic amines) is 1. The van der Waals surface area contributed by atoms with Crippen LogP contribution in [-0.4, -0.2) is 28.7 Å². The summed E-state index contributed by atoms with van der Waals surface area (Å²) in [6.07, 6.45) is 0.838. The van der Waals surface area contributed by atoms with Gasteiger partial charge in [-0.2, -0.15) is 0 Å². The van der Waals surface area contributed by atoms with E-state index < -0.39 is 0 Å². The minimum Gasteiger partial charge on any atom is -0.330 e. The molecule has 0 unspecified atom stereocenters. The van der Waals surface area contributed by atoms with Crippen molar-refractivity contribution < 1.29 is 9.59 Å². The van der Waals surface area contributed by atoms with E-state index in [0.717, 1.165) is 5.56 Å².